The topological polar surface area (TPSA) is 48.1 Å². The molecule has 0 fully saturated rings. The third-order valence-corrected chi connectivity index (χ3v) is 4.93. The Balaban J connectivity index is 1.57. The number of urea groups is 1. The summed E-state index contributed by atoms with van der Waals surface area (Å²) >= 11 is 5.68. The van der Waals surface area contributed by atoms with Crippen molar-refractivity contribution in [3.05, 3.63) is 64.3 Å². The van der Waals surface area contributed by atoms with Crippen LogP contribution in [0.5, 0.6) is 0 Å². The van der Waals surface area contributed by atoms with Crippen LogP contribution in [-0.4, -0.2) is 22.5 Å². The molecule has 3 aromatic rings. The number of aromatic nitrogens is 1. The maximum Gasteiger partial charge on any atom is 0.418 e. The minimum absolute atomic E-state index is 0.0407. The summed E-state index contributed by atoms with van der Waals surface area (Å²) in [6, 6.07) is 10.6. The molecule has 2 N–H and O–H groups in total. The third kappa shape index (κ3) is 3.35. The maximum atomic E-state index is 13.2. The van der Waals surface area contributed by atoms with E-state index in [9.17, 15) is 18.0 Å². The van der Waals surface area contributed by atoms with E-state index in [-0.39, 0.29) is 10.7 Å². The lowest BCUT2D eigenvalue weighted by atomic mass is 10.0. The Morgan fingerprint density at radius 3 is 2.74 bits per heavy atom. The van der Waals surface area contributed by atoms with Gasteiger partial charge in [-0.05, 0) is 36.2 Å². The quantitative estimate of drug-likeness (QED) is 0.569. The summed E-state index contributed by atoms with van der Waals surface area (Å²) in [7, 11) is 0. The average Bonchev–Trinajstić information content (AvgIpc) is 3.00. The summed E-state index contributed by atoms with van der Waals surface area (Å²) in [5.41, 5.74) is 1.77. The van der Waals surface area contributed by atoms with Crippen LogP contribution in [0.15, 0.2) is 42.5 Å². The molecular weight excluding hydrogens is 379 g/mol. The van der Waals surface area contributed by atoms with Gasteiger partial charge in [0.15, 0.2) is 0 Å². The Bertz CT molecular complexity index is 1030. The molecule has 27 heavy (non-hydrogen) atoms. The van der Waals surface area contributed by atoms with Gasteiger partial charge in [-0.1, -0.05) is 29.8 Å². The number of para-hydroxylation sites is 1. The zero-order chi connectivity index (χ0) is 19.2. The summed E-state index contributed by atoms with van der Waals surface area (Å²) in [6.07, 6.45) is -3.97. The number of amides is 2. The Kier molecular flexibility index (Phi) is 4.26. The number of carbonyl (C=O) groups excluding carboxylic acids is 1. The van der Waals surface area contributed by atoms with Crippen molar-refractivity contribution in [2.45, 2.75) is 19.1 Å². The minimum Gasteiger partial charge on any atom is -0.357 e. The molecule has 0 aliphatic carbocycles. The number of nitrogens with one attached hydrogen (secondary N) is 2. The lowest BCUT2D eigenvalue weighted by Gasteiger charge is -2.28. The van der Waals surface area contributed by atoms with Crippen LogP contribution in [0, 0.1) is 0 Å². The van der Waals surface area contributed by atoms with Gasteiger partial charge in [0.1, 0.15) is 0 Å². The average molecular weight is 394 g/mol. The van der Waals surface area contributed by atoms with Crippen molar-refractivity contribution < 1.29 is 18.0 Å². The fourth-order valence-corrected chi connectivity index (χ4v) is 3.59. The molecule has 8 heteroatoms. The number of aromatic amines is 1. The molecule has 1 aromatic heterocycles. The first-order valence-electron chi connectivity index (χ1n) is 8.34. The van der Waals surface area contributed by atoms with E-state index >= 15 is 0 Å². The second kappa shape index (κ2) is 6.49. The van der Waals surface area contributed by atoms with Crippen LogP contribution < -0.4 is 5.32 Å². The van der Waals surface area contributed by atoms with Crippen molar-refractivity contribution in [3.63, 3.8) is 0 Å². The molecule has 0 spiro atoms. The Labute approximate surface area is 157 Å². The highest BCUT2D eigenvalue weighted by molar-refractivity contribution is 6.30. The predicted molar refractivity (Wildman–Crippen MR) is 97.9 cm³/mol. The normalized spacial score (nSPS) is 14.3. The Morgan fingerprint density at radius 2 is 1.96 bits per heavy atom. The first-order valence-corrected chi connectivity index (χ1v) is 8.72. The van der Waals surface area contributed by atoms with Gasteiger partial charge in [-0.25, -0.2) is 4.79 Å². The summed E-state index contributed by atoms with van der Waals surface area (Å²) in [5, 5.41) is 3.45. The van der Waals surface area contributed by atoms with Crippen LogP contribution >= 0.6 is 11.6 Å². The second-order valence-electron chi connectivity index (χ2n) is 6.42. The number of hydrogen-bond acceptors (Lipinski definition) is 1. The number of carbonyl (C=O) groups is 1. The standard InChI is InChI=1S/C19H15ClF3N3O/c20-11-5-6-16(14(9-11)19(21,22)23)25-18(27)26-8-7-13-12-3-1-2-4-15(12)24-17(13)10-26/h1-6,9,24H,7-8,10H2,(H,25,27). The monoisotopic (exact) mass is 393 g/mol. The van der Waals surface area contributed by atoms with E-state index in [2.05, 4.69) is 10.3 Å². The molecule has 4 nitrogen and oxygen atoms in total. The zero-order valence-electron chi connectivity index (χ0n) is 14.0. The van der Waals surface area contributed by atoms with E-state index < -0.39 is 17.8 Å². The van der Waals surface area contributed by atoms with Crippen LogP contribution in [-0.2, 0) is 19.1 Å². The molecule has 0 saturated heterocycles. The lowest BCUT2D eigenvalue weighted by molar-refractivity contribution is -0.136. The Hall–Kier alpha value is -2.67. The molecule has 0 unspecified atom stereocenters. The van der Waals surface area contributed by atoms with Crippen molar-refractivity contribution >= 4 is 34.2 Å². The predicted octanol–water partition coefficient (Wildman–Crippen LogP) is 5.43. The molecule has 0 bridgehead atoms. The van der Waals surface area contributed by atoms with Gasteiger partial charge in [-0.15, -0.1) is 0 Å². The molecule has 2 aromatic carbocycles. The minimum atomic E-state index is -4.61. The molecule has 4 rings (SSSR count). The van der Waals surface area contributed by atoms with Gasteiger partial charge in [-0.3, -0.25) is 0 Å². The van der Waals surface area contributed by atoms with Crippen LogP contribution in [0.1, 0.15) is 16.8 Å². The molecule has 0 atom stereocenters. The zero-order valence-corrected chi connectivity index (χ0v) is 14.8. The number of fused-ring (bicyclic) bond motifs is 3. The fourth-order valence-electron chi connectivity index (χ4n) is 3.42. The van der Waals surface area contributed by atoms with Crippen molar-refractivity contribution in [2.24, 2.45) is 0 Å². The lowest BCUT2D eigenvalue weighted by Crippen LogP contribution is -2.39. The van der Waals surface area contributed by atoms with E-state index in [1.807, 2.05) is 24.3 Å². The van der Waals surface area contributed by atoms with Crippen LogP contribution in [0.3, 0.4) is 0 Å². The van der Waals surface area contributed by atoms with Gasteiger partial charge < -0.3 is 15.2 Å². The van der Waals surface area contributed by atoms with Gasteiger partial charge in [0, 0.05) is 28.2 Å². The number of alkyl halides is 3. The largest absolute Gasteiger partial charge is 0.418 e. The van der Waals surface area contributed by atoms with Crippen molar-refractivity contribution in [3.8, 4) is 0 Å². The molecule has 0 saturated carbocycles. The number of benzene rings is 2. The summed E-state index contributed by atoms with van der Waals surface area (Å²) < 4.78 is 39.6. The van der Waals surface area contributed by atoms with Gasteiger partial charge in [0.2, 0.25) is 0 Å². The highest BCUT2D eigenvalue weighted by atomic mass is 35.5. The first kappa shape index (κ1) is 17.7. The molecule has 2 heterocycles. The molecule has 0 radical (unpaired) electrons. The fraction of sp³-hybridized carbons (Fsp3) is 0.211. The first-order chi connectivity index (χ1) is 12.8. The van der Waals surface area contributed by atoms with E-state index in [0.29, 0.717) is 19.5 Å². The van der Waals surface area contributed by atoms with Gasteiger partial charge in [-0.2, -0.15) is 13.2 Å². The van der Waals surface area contributed by atoms with Crippen LogP contribution in [0.25, 0.3) is 10.9 Å². The van der Waals surface area contributed by atoms with Gasteiger partial charge in [0.05, 0.1) is 17.8 Å². The summed E-state index contributed by atoms with van der Waals surface area (Å²) in [5.74, 6) is 0. The third-order valence-electron chi connectivity index (χ3n) is 4.70. The van der Waals surface area contributed by atoms with Crippen molar-refractivity contribution in [1.82, 2.24) is 9.88 Å². The number of H-pyrrole nitrogens is 1. The molecule has 2 amide bonds. The maximum absolute atomic E-state index is 13.2. The smallest absolute Gasteiger partial charge is 0.357 e. The number of nitrogens with zero attached hydrogens (tertiary/aromatic N) is 1. The van der Waals surface area contributed by atoms with Gasteiger partial charge in [0.25, 0.3) is 0 Å². The van der Waals surface area contributed by atoms with E-state index in [0.717, 1.165) is 28.2 Å². The highest BCUT2D eigenvalue weighted by Crippen LogP contribution is 2.37. The number of rotatable bonds is 1. The van der Waals surface area contributed by atoms with E-state index in [4.69, 9.17) is 11.6 Å². The Morgan fingerprint density at radius 1 is 1.19 bits per heavy atom. The molecule has 140 valence electrons. The highest BCUT2D eigenvalue weighted by Gasteiger charge is 2.35. The van der Waals surface area contributed by atoms with Crippen LogP contribution in [0.4, 0.5) is 23.7 Å². The van der Waals surface area contributed by atoms with E-state index in [1.54, 1.807) is 0 Å². The van der Waals surface area contributed by atoms with Crippen molar-refractivity contribution in [1.29, 1.82) is 0 Å². The SMILES string of the molecule is O=C(Nc1ccc(Cl)cc1C(F)(F)F)N1CCc2c([nH]c3ccccc23)C1. The van der Waals surface area contributed by atoms with Gasteiger partial charge >= 0.3 is 12.2 Å². The molecule has 1 aliphatic rings. The summed E-state index contributed by atoms with van der Waals surface area (Å²) in [4.78, 5) is 17.3. The van der Waals surface area contributed by atoms with E-state index in [1.165, 1.54) is 17.0 Å². The number of anilines is 1. The van der Waals surface area contributed by atoms with Crippen LogP contribution in [0.2, 0.25) is 5.02 Å². The number of hydrogen-bond donors (Lipinski definition) is 2. The molecule has 1 aliphatic heterocycles. The second-order valence-corrected chi connectivity index (χ2v) is 6.85. The van der Waals surface area contributed by atoms with Crippen molar-refractivity contribution in [2.75, 3.05) is 11.9 Å². The number of halogens is 4. The summed E-state index contributed by atoms with van der Waals surface area (Å²) in [6.45, 7) is 0.737. The molecular formula is C19H15ClF3N3O.